The summed E-state index contributed by atoms with van der Waals surface area (Å²) >= 11 is 0. The molecule has 0 fully saturated rings. The van der Waals surface area contributed by atoms with Crippen LogP contribution in [0.1, 0.15) is 45.1 Å². The summed E-state index contributed by atoms with van der Waals surface area (Å²) in [7, 11) is 2.00. The Morgan fingerprint density at radius 3 is 2.48 bits per heavy atom. The molecule has 0 saturated heterocycles. The van der Waals surface area contributed by atoms with E-state index >= 15 is 0 Å². The number of aldehydes is 1. The van der Waals surface area contributed by atoms with E-state index in [9.17, 15) is 9.59 Å². The van der Waals surface area contributed by atoms with E-state index in [0.717, 1.165) is 44.1 Å². The predicted molar refractivity (Wildman–Crippen MR) is 100 cm³/mol. The van der Waals surface area contributed by atoms with E-state index in [0.29, 0.717) is 19.1 Å². The van der Waals surface area contributed by atoms with Crippen LogP contribution in [0.2, 0.25) is 0 Å². The Labute approximate surface area is 151 Å². The van der Waals surface area contributed by atoms with Crippen molar-refractivity contribution in [1.29, 1.82) is 0 Å². The van der Waals surface area contributed by atoms with Crippen molar-refractivity contribution < 1.29 is 14.3 Å². The molecule has 1 N–H and O–H groups in total. The first-order valence-corrected chi connectivity index (χ1v) is 9.14. The molecule has 1 aromatic carbocycles. The molecule has 140 valence electrons. The maximum Gasteiger partial charge on any atom is 0.407 e. The number of alkyl carbamates (subject to hydrolysis) is 1. The second kappa shape index (κ2) is 12.5. The predicted octanol–water partition coefficient (Wildman–Crippen LogP) is 3.63. The molecular formula is C20H32N2O3. The summed E-state index contributed by atoms with van der Waals surface area (Å²) in [6, 6.07) is 9.64. The normalized spacial score (nSPS) is 12.2. The van der Waals surface area contributed by atoms with Crippen LogP contribution in [-0.4, -0.2) is 43.5 Å². The summed E-state index contributed by atoms with van der Waals surface area (Å²) in [5, 5.41) is 2.78. The number of likely N-dealkylation sites (N-methyl/N-ethyl adjacent to an activating group) is 1. The molecule has 5 nitrogen and oxygen atoms in total. The van der Waals surface area contributed by atoms with Crippen molar-refractivity contribution in [1.82, 2.24) is 10.2 Å². The van der Waals surface area contributed by atoms with Gasteiger partial charge in [0.2, 0.25) is 0 Å². The summed E-state index contributed by atoms with van der Waals surface area (Å²) in [4.78, 5) is 24.8. The van der Waals surface area contributed by atoms with Gasteiger partial charge in [0.15, 0.2) is 0 Å². The summed E-state index contributed by atoms with van der Waals surface area (Å²) in [6.45, 7) is 5.99. The molecule has 1 rings (SSSR count). The molecule has 0 aromatic heterocycles. The highest BCUT2D eigenvalue weighted by atomic mass is 16.5. The van der Waals surface area contributed by atoms with Crippen LogP contribution in [0.4, 0.5) is 4.79 Å². The fraction of sp³-hybridized carbons (Fsp3) is 0.600. The number of carbonyl (C=O) groups excluding carboxylic acids is 2. The average Bonchev–Trinajstić information content (AvgIpc) is 2.60. The number of nitrogens with one attached hydrogen (secondary N) is 1. The first kappa shape index (κ1) is 21.2. The fourth-order valence-corrected chi connectivity index (χ4v) is 2.72. The molecule has 25 heavy (non-hydrogen) atoms. The van der Waals surface area contributed by atoms with Gasteiger partial charge in [-0.25, -0.2) is 4.79 Å². The minimum atomic E-state index is -0.366. The minimum Gasteiger partial charge on any atom is -0.445 e. The monoisotopic (exact) mass is 348 g/mol. The van der Waals surface area contributed by atoms with E-state index in [1.807, 2.05) is 37.4 Å². The van der Waals surface area contributed by atoms with E-state index in [1.54, 1.807) is 0 Å². The quantitative estimate of drug-likeness (QED) is 0.463. The van der Waals surface area contributed by atoms with Gasteiger partial charge in [-0.15, -0.1) is 0 Å². The largest absolute Gasteiger partial charge is 0.445 e. The molecule has 1 atom stereocenters. The number of nitrogens with zero attached hydrogens (tertiary/aromatic N) is 1. The highest BCUT2D eigenvalue weighted by Gasteiger charge is 2.16. The number of amides is 1. The molecule has 1 amide bonds. The van der Waals surface area contributed by atoms with Crippen molar-refractivity contribution in [2.75, 3.05) is 20.1 Å². The lowest BCUT2D eigenvalue weighted by molar-refractivity contribution is -0.113. The third-order valence-electron chi connectivity index (χ3n) is 4.25. The molecule has 0 aliphatic heterocycles. The van der Waals surface area contributed by atoms with E-state index in [1.165, 1.54) is 0 Å². The van der Waals surface area contributed by atoms with Gasteiger partial charge >= 0.3 is 6.09 Å². The van der Waals surface area contributed by atoms with Crippen molar-refractivity contribution in [3.05, 3.63) is 35.9 Å². The van der Waals surface area contributed by atoms with Crippen molar-refractivity contribution in [3.63, 3.8) is 0 Å². The number of rotatable bonds is 12. The van der Waals surface area contributed by atoms with Crippen molar-refractivity contribution in [2.45, 2.75) is 52.2 Å². The Kier molecular flexibility index (Phi) is 10.6. The van der Waals surface area contributed by atoms with Crippen LogP contribution < -0.4 is 5.32 Å². The topological polar surface area (TPSA) is 58.6 Å². The highest BCUT2D eigenvalue weighted by molar-refractivity contribution is 5.67. The zero-order valence-corrected chi connectivity index (χ0v) is 15.7. The lowest BCUT2D eigenvalue weighted by Crippen LogP contribution is -2.37. The maximum absolute atomic E-state index is 11.6. The number of carbonyl (C=O) groups is 2. The van der Waals surface area contributed by atoms with Gasteiger partial charge in [-0.1, -0.05) is 57.0 Å². The van der Waals surface area contributed by atoms with Gasteiger partial charge in [-0.2, -0.15) is 0 Å². The van der Waals surface area contributed by atoms with Crippen LogP contribution in [-0.2, 0) is 16.1 Å². The molecule has 0 aliphatic rings. The molecule has 0 radical (unpaired) electrons. The van der Waals surface area contributed by atoms with E-state index < -0.39 is 0 Å². The second-order valence-corrected chi connectivity index (χ2v) is 6.75. The number of benzene rings is 1. The smallest absolute Gasteiger partial charge is 0.407 e. The Balaban J connectivity index is 2.01. The van der Waals surface area contributed by atoms with Crippen LogP contribution in [0.5, 0.6) is 0 Å². The standard InChI is InChI=1S/C20H32N2O3/c1-17(2)19(15-23)22(3)14-10-5-4-9-13-21-20(24)25-16-18-11-7-6-8-12-18/h6-8,11-12,15,17,19H,4-5,9-10,13-14,16H2,1-3H3,(H,21,24)/t19-/m1/s1. The number of unbranched alkanes of at least 4 members (excludes halogenated alkanes) is 3. The highest BCUT2D eigenvalue weighted by Crippen LogP contribution is 2.09. The molecule has 0 spiro atoms. The molecule has 0 saturated carbocycles. The molecular weight excluding hydrogens is 316 g/mol. The van der Waals surface area contributed by atoms with Gasteiger partial charge in [0, 0.05) is 6.54 Å². The zero-order valence-electron chi connectivity index (χ0n) is 15.7. The Morgan fingerprint density at radius 2 is 1.84 bits per heavy atom. The molecule has 5 heteroatoms. The van der Waals surface area contributed by atoms with E-state index in [2.05, 4.69) is 24.1 Å². The molecule has 1 aromatic rings. The van der Waals surface area contributed by atoms with Crippen LogP contribution in [0.25, 0.3) is 0 Å². The SMILES string of the molecule is CC(C)[C@@H](C=O)N(C)CCCCCCNC(=O)OCc1ccccc1. The summed E-state index contributed by atoms with van der Waals surface area (Å²) < 4.78 is 5.16. The Hall–Kier alpha value is -1.88. The Bertz CT molecular complexity index is 491. The van der Waals surface area contributed by atoms with Crippen molar-refractivity contribution >= 4 is 12.4 Å². The fourth-order valence-electron chi connectivity index (χ4n) is 2.72. The minimum absolute atomic E-state index is 0.000974. The number of hydrogen-bond acceptors (Lipinski definition) is 4. The summed E-state index contributed by atoms with van der Waals surface area (Å²) in [6.07, 6.45) is 4.82. The van der Waals surface area contributed by atoms with Gasteiger partial charge < -0.3 is 14.8 Å². The lowest BCUT2D eigenvalue weighted by Gasteiger charge is -2.26. The molecule has 0 aliphatic carbocycles. The molecule has 0 bridgehead atoms. The van der Waals surface area contributed by atoms with Crippen LogP contribution in [0.3, 0.4) is 0 Å². The third kappa shape index (κ3) is 9.25. The average molecular weight is 348 g/mol. The third-order valence-corrected chi connectivity index (χ3v) is 4.25. The second-order valence-electron chi connectivity index (χ2n) is 6.75. The first-order valence-electron chi connectivity index (χ1n) is 9.14. The summed E-state index contributed by atoms with van der Waals surface area (Å²) in [5.41, 5.74) is 0.983. The molecule has 0 unspecified atom stereocenters. The van der Waals surface area contributed by atoms with Gasteiger partial charge in [0.05, 0.1) is 6.04 Å². The summed E-state index contributed by atoms with van der Waals surface area (Å²) in [5.74, 6) is 0.341. The van der Waals surface area contributed by atoms with Crippen LogP contribution in [0.15, 0.2) is 30.3 Å². The number of ether oxygens (including phenoxy) is 1. The van der Waals surface area contributed by atoms with Crippen molar-refractivity contribution in [2.24, 2.45) is 5.92 Å². The van der Waals surface area contributed by atoms with Gasteiger partial charge in [0.25, 0.3) is 0 Å². The van der Waals surface area contributed by atoms with Gasteiger partial charge in [-0.05, 0) is 37.9 Å². The Morgan fingerprint density at radius 1 is 1.16 bits per heavy atom. The molecule has 0 heterocycles. The lowest BCUT2D eigenvalue weighted by atomic mass is 10.0. The van der Waals surface area contributed by atoms with E-state index in [-0.39, 0.29) is 12.1 Å². The van der Waals surface area contributed by atoms with Gasteiger partial charge in [0.1, 0.15) is 12.9 Å². The number of hydrogen-bond donors (Lipinski definition) is 1. The maximum atomic E-state index is 11.6. The van der Waals surface area contributed by atoms with Crippen LogP contribution >= 0.6 is 0 Å². The van der Waals surface area contributed by atoms with Crippen molar-refractivity contribution in [3.8, 4) is 0 Å². The zero-order chi connectivity index (χ0) is 18.5. The van der Waals surface area contributed by atoms with E-state index in [4.69, 9.17) is 4.74 Å². The van der Waals surface area contributed by atoms with Crippen LogP contribution in [0, 0.1) is 5.92 Å². The van der Waals surface area contributed by atoms with Gasteiger partial charge in [-0.3, -0.25) is 4.90 Å². The first-order chi connectivity index (χ1) is 12.0.